The van der Waals surface area contributed by atoms with Crippen LogP contribution in [0.25, 0.3) is 0 Å². The van der Waals surface area contributed by atoms with Gasteiger partial charge in [0.1, 0.15) is 0 Å². The Balaban J connectivity index is 2.27. The van der Waals surface area contributed by atoms with E-state index in [-0.39, 0.29) is 6.04 Å². The molecule has 19 heavy (non-hydrogen) atoms. The lowest BCUT2D eigenvalue weighted by atomic mass is 10.0. The van der Waals surface area contributed by atoms with Crippen LogP contribution < -0.4 is 5.32 Å². The lowest BCUT2D eigenvalue weighted by Crippen LogP contribution is -2.26. The largest absolute Gasteiger partial charge is 0.309 e. The molecule has 0 bridgehead atoms. The molecule has 0 aliphatic rings. The van der Waals surface area contributed by atoms with Crippen molar-refractivity contribution in [2.45, 2.75) is 32.9 Å². The summed E-state index contributed by atoms with van der Waals surface area (Å²) in [5.41, 5.74) is 2.24. The number of hydrogen-bond acceptors (Lipinski definition) is 3. The minimum absolute atomic E-state index is 0.157. The van der Waals surface area contributed by atoms with Gasteiger partial charge in [-0.2, -0.15) is 5.10 Å². The van der Waals surface area contributed by atoms with E-state index in [2.05, 4.69) is 35.3 Å². The fourth-order valence-electron chi connectivity index (χ4n) is 2.24. The van der Waals surface area contributed by atoms with Gasteiger partial charge in [-0.15, -0.1) is 0 Å². The molecule has 0 radical (unpaired) electrons. The number of nitrogens with one attached hydrogen (secondary N) is 1. The van der Waals surface area contributed by atoms with Gasteiger partial charge in [-0.05, 0) is 31.5 Å². The molecule has 0 fully saturated rings. The second-order valence-corrected chi connectivity index (χ2v) is 4.78. The molecule has 4 nitrogen and oxygen atoms in total. The summed E-state index contributed by atoms with van der Waals surface area (Å²) >= 11 is 6.28. The van der Waals surface area contributed by atoms with Crippen LogP contribution in [0.3, 0.4) is 0 Å². The smallest absolute Gasteiger partial charge is 0.0834 e. The van der Waals surface area contributed by atoms with Gasteiger partial charge in [-0.1, -0.05) is 24.6 Å². The average molecular weight is 279 g/mol. The van der Waals surface area contributed by atoms with Gasteiger partial charge in [-0.3, -0.25) is 9.67 Å². The lowest BCUT2D eigenvalue weighted by Gasteiger charge is -2.19. The van der Waals surface area contributed by atoms with Crippen LogP contribution in [-0.2, 0) is 13.0 Å². The van der Waals surface area contributed by atoms with E-state index in [4.69, 9.17) is 11.6 Å². The third-order valence-corrected chi connectivity index (χ3v) is 3.37. The average Bonchev–Trinajstić information content (AvgIpc) is 2.80. The summed E-state index contributed by atoms with van der Waals surface area (Å²) in [5, 5.41) is 8.50. The van der Waals surface area contributed by atoms with E-state index in [9.17, 15) is 0 Å². The Morgan fingerprint density at radius 1 is 1.37 bits per heavy atom. The van der Waals surface area contributed by atoms with Crippen LogP contribution in [0.5, 0.6) is 0 Å². The standard InChI is InChI=1S/C14H19ClN4/c1-3-17-13(8-11-6-5-7-16-9-11)14-12(15)10-18-19(14)4-2/h5-7,9-10,13,17H,3-4,8H2,1-2H3. The number of nitrogens with zero attached hydrogens (tertiary/aromatic N) is 3. The van der Waals surface area contributed by atoms with Crippen molar-refractivity contribution in [1.82, 2.24) is 20.1 Å². The Morgan fingerprint density at radius 2 is 2.21 bits per heavy atom. The van der Waals surface area contributed by atoms with Crippen molar-refractivity contribution in [1.29, 1.82) is 0 Å². The highest BCUT2D eigenvalue weighted by Gasteiger charge is 2.19. The van der Waals surface area contributed by atoms with Crippen molar-refractivity contribution in [2.24, 2.45) is 0 Å². The molecule has 0 aliphatic carbocycles. The van der Waals surface area contributed by atoms with Crippen LogP contribution in [0, 0.1) is 0 Å². The third kappa shape index (κ3) is 3.33. The van der Waals surface area contributed by atoms with Crippen molar-refractivity contribution < 1.29 is 0 Å². The third-order valence-electron chi connectivity index (χ3n) is 3.08. The predicted molar refractivity (Wildman–Crippen MR) is 77.3 cm³/mol. The molecule has 0 amide bonds. The van der Waals surface area contributed by atoms with Crippen LogP contribution in [-0.4, -0.2) is 21.3 Å². The second-order valence-electron chi connectivity index (χ2n) is 4.37. The first-order valence-corrected chi connectivity index (χ1v) is 6.97. The molecule has 102 valence electrons. The van der Waals surface area contributed by atoms with Crippen LogP contribution in [0.4, 0.5) is 0 Å². The first kappa shape index (κ1) is 14.0. The van der Waals surface area contributed by atoms with Gasteiger partial charge in [0.15, 0.2) is 0 Å². The SMILES string of the molecule is CCNC(Cc1cccnc1)c1c(Cl)cnn1CC. The Morgan fingerprint density at radius 3 is 2.84 bits per heavy atom. The molecule has 2 aromatic heterocycles. The van der Waals surface area contributed by atoms with E-state index in [0.717, 1.165) is 30.2 Å². The summed E-state index contributed by atoms with van der Waals surface area (Å²) in [6.07, 6.45) is 6.25. The maximum Gasteiger partial charge on any atom is 0.0834 e. The van der Waals surface area contributed by atoms with Gasteiger partial charge in [0.25, 0.3) is 0 Å². The topological polar surface area (TPSA) is 42.7 Å². The minimum atomic E-state index is 0.157. The van der Waals surface area contributed by atoms with Crippen molar-refractivity contribution in [3.8, 4) is 0 Å². The summed E-state index contributed by atoms with van der Waals surface area (Å²) in [6.45, 7) is 5.86. The molecule has 2 heterocycles. The Labute approximate surface area is 118 Å². The first-order valence-electron chi connectivity index (χ1n) is 6.59. The van der Waals surface area contributed by atoms with Gasteiger partial charge < -0.3 is 5.32 Å². The summed E-state index contributed by atoms with van der Waals surface area (Å²) in [6, 6.07) is 4.19. The zero-order chi connectivity index (χ0) is 13.7. The highest BCUT2D eigenvalue weighted by Crippen LogP contribution is 2.25. The number of aromatic nitrogens is 3. The molecular weight excluding hydrogens is 260 g/mol. The van der Waals surface area contributed by atoms with E-state index < -0.39 is 0 Å². The number of likely N-dealkylation sites (N-methyl/N-ethyl adjacent to an activating group) is 1. The Hall–Kier alpha value is -1.39. The lowest BCUT2D eigenvalue weighted by molar-refractivity contribution is 0.490. The van der Waals surface area contributed by atoms with Gasteiger partial charge in [0.05, 0.1) is 23.0 Å². The zero-order valence-corrected chi connectivity index (χ0v) is 12.1. The molecule has 1 N–H and O–H groups in total. The number of rotatable bonds is 6. The summed E-state index contributed by atoms with van der Waals surface area (Å²) < 4.78 is 1.95. The summed E-state index contributed by atoms with van der Waals surface area (Å²) in [5.74, 6) is 0. The molecule has 0 spiro atoms. The quantitative estimate of drug-likeness (QED) is 0.884. The fourth-order valence-corrected chi connectivity index (χ4v) is 2.51. The summed E-state index contributed by atoms with van der Waals surface area (Å²) in [7, 11) is 0. The van der Waals surface area contributed by atoms with E-state index in [1.807, 2.05) is 16.9 Å². The normalized spacial score (nSPS) is 12.6. The van der Waals surface area contributed by atoms with E-state index in [0.29, 0.717) is 0 Å². The van der Waals surface area contributed by atoms with Crippen LogP contribution >= 0.6 is 11.6 Å². The first-order chi connectivity index (χ1) is 9.26. The number of pyridine rings is 1. The zero-order valence-electron chi connectivity index (χ0n) is 11.3. The van der Waals surface area contributed by atoms with Crippen molar-refractivity contribution in [3.05, 3.63) is 47.0 Å². The molecule has 0 aromatic carbocycles. The molecular formula is C14H19ClN4. The highest BCUT2D eigenvalue weighted by atomic mass is 35.5. The molecule has 2 aromatic rings. The molecule has 5 heteroatoms. The summed E-state index contributed by atoms with van der Waals surface area (Å²) in [4.78, 5) is 4.16. The monoisotopic (exact) mass is 278 g/mol. The molecule has 0 aliphatic heterocycles. The molecule has 2 rings (SSSR count). The number of halogens is 1. The number of hydrogen-bond donors (Lipinski definition) is 1. The molecule has 0 saturated heterocycles. The van der Waals surface area contributed by atoms with Crippen LogP contribution in [0.1, 0.15) is 31.1 Å². The second kappa shape index (κ2) is 6.68. The maximum atomic E-state index is 6.28. The van der Waals surface area contributed by atoms with Gasteiger partial charge >= 0.3 is 0 Å². The van der Waals surface area contributed by atoms with Crippen molar-refractivity contribution >= 4 is 11.6 Å². The van der Waals surface area contributed by atoms with E-state index >= 15 is 0 Å². The van der Waals surface area contributed by atoms with E-state index in [1.54, 1.807) is 12.4 Å². The highest BCUT2D eigenvalue weighted by molar-refractivity contribution is 6.31. The van der Waals surface area contributed by atoms with Gasteiger partial charge in [-0.25, -0.2) is 0 Å². The van der Waals surface area contributed by atoms with Gasteiger partial charge in [0, 0.05) is 18.9 Å². The minimum Gasteiger partial charge on any atom is -0.309 e. The number of aryl methyl sites for hydroxylation is 1. The van der Waals surface area contributed by atoms with Crippen molar-refractivity contribution in [3.63, 3.8) is 0 Å². The molecule has 1 unspecified atom stereocenters. The van der Waals surface area contributed by atoms with Crippen LogP contribution in [0.2, 0.25) is 5.02 Å². The van der Waals surface area contributed by atoms with Gasteiger partial charge in [0.2, 0.25) is 0 Å². The van der Waals surface area contributed by atoms with E-state index in [1.165, 1.54) is 5.56 Å². The Bertz CT molecular complexity index is 509. The fraction of sp³-hybridized carbons (Fsp3) is 0.429. The molecule has 0 saturated carbocycles. The molecule has 1 atom stereocenters. The van der Waals surface area contributed by atoms with Crippen molar-refractivity contribution in [2.75, 3.05) is 6.54 Å². The Kier molecular flexibility index (Phi) is 4.93. The van der Waals surface area contributed by atoms with Crippen LogP contribution in [0.15, 0.2) is 30.7 Å². The predicted octanol–water partition coefficient (Wildman–Crippen LogP) is 2.84. The maximum absolute atomic E-state index is 6.28.